The first-order chi connectivity index (χ1) is 12.3. The molecule has 1 aliphatic rings. The molecule has 1 aliphatic heterocycles. The maximum atomic E-state index is 13.3. The van der Waals surface area contributed by atoms with E-state index in [0.717, 1.165) is 6.42 Å². The van der Waals surface area contributed by atoms with Crippen LogP contribution in [-0.2, 0) is 0 Å². The third-order valence-electron chi connectivity index (χ3n) is 4.45. The standard InChI is InChI=1S/C18H26F3N3O2.ClH/c1-3-13(2)26-15-6-4-14(5-7-15)17(25)23-12-16(18(19,20)21)24-10-8-22-9-11-24;/h4-7,13,16,22H,3,8-12H2,1-2H3,(H,23,25);1H. The Hall–Kier alpha value is -1.51. The van der Waals surface area contributed by atoms with Gasteiger partial charge in [0, 0.05) is 38.3 Å². The molecule has 1 heterocycles. The lowest BCUT2D eigenvalue weighted by Crippen LogP contribution is -2.57. The molecule has 1 saturated heterocycles. The predicted octanol–water partition coefficient (Wildman–Crippen LogP) is 2.85. The van der Waals surface area contributed by atoms with Gasteiger partial charge in [0.15, 0.2) is 0 Å². The maximum absolute atomic E-state index is 13.3. The minimum atomic E-state index is -4.39. The van der Waals surface area contributed by atoms with E-state index < -0.39 is 24.7 Å². The number of rotatable bonds is 7. The Bertz CT molecular complexity index is 578. The Morgan fingerprint density at radius 1 is 1.26 bits per heavy atom. The van der Waals surface area contributed by atoms with Crippen LogP contribution in [0.3, 0.4) is 0 Å². The Kier molecular flexibility index (Phi) is 9.35. The van der Waals surface area contributed by atoms with E-state index in [1.54, 1.807) is 24.3 Å². The maximum Gasteiger partial charge on any atom is 0.405 e. The molecule has 0 radical (unpaired) electrons. The van der Waals surface area contributed by atoms with Crippen LogP contribution in [0, 0.1) is 0 Å². The lowest BCUT2D eigenvalue weighted by Gasteiger charge is -2.35. The second-order valence-electron chi connectivity index (χ2n) is 6.41. The summed E-state index contributed by atoms with van der Waals surface area (Å²) in [6.07, 6.45) is -3.48. The number of halogens is 4. The van der Waals surface area contributed by atoms with E-state index in [1.807, 2.05) is 13.8 Å². The molecule has 2 unspecified atom stereocenters. The summed E-state index contributed by atoms with van der Waals surface area (Å²) in [4.78, 5) is 13.6. The number of piperazine rings is 1. The van der Waals surface area contributed by atoms with Crippen LogP contribution in [0.2, 0.25) is 0 Å². The third kappa shape index (κ3) is 7.20. The number of benzene rings is 1. The van der Waals surface area contributed by atoms with Crippen LogP contribution in [0.4, 0.5) is 13.2 Å². The van der Waals surface area contributed by atoms with Crippen molar-refractivity contribution in [3.63, 3.8) is 0 Å². The van der Waals surface area contributed by atoms with Gasteiger partial charge in [-0.05, 0) is 37.6 Å². The van der Waals surface area contributed by atoms with Crippen molar-refractivity contribution in [2.24, 2.45) is 0 Å². The lowest BCUT2D eigenvalue weighted by molar-refractivity contribution is -0.183. The summed E-state index contributed by atoms with van der Waals surface area (Å²) in [5, 5.41) is 5.44. The summed E-state index contributed by atoms with van der Waals surface area (Å²) in [5.41, 5.74) is 0.308. The number of hydrogen-bond donors (Lipinski definition) is 2. The highest BCUT2D eigenvalue weighted by Crippen LogP contribution is 2.25. The molecule has 5 nitrogen and oxygen atoms in total. The van der Waals surface area contributed by atoms with E-state index in [0.29, 0.717) is 37.5 Å². The zero-order valence-corrected chi connectivity index (χ0v) is 16.3. The number of hydrogen-bond acceptors (Lipinski definition) is 4. The van der Waals surface area contributed by atoms with Gasteiger partial charge in [0.25, 0.3) is 5.91 Å². The van der Waals surface area contributed by atoms with Gasteiger partial charge in [-0.3, -0.25) is 9.69 Å². The molecule has 0 bridgehead atoms. The monoisotopic (exact) mass is 409 g/mol. The smallest absolute Gasteiger partial charge is 0.405 e. The van der Waals surface area contributed by atoms with Gasteiger partial charge in [0.2, 0.25) is 0 Å². The van der Waals surface area contributed by atoms with Crippen LogP contribution in [0.15, 0.2) is 24.3 Å². The highest BCUT2D eigenvalue weighted by molar-refractivity contribution is 5.94. The van der Waals surface area contributed by atoms with E-state index >= 15 is 0 Å². The molecule has 1 aromatic rings. The molecule has 9 heteroatoms. The van der Waals surface area contributed by atoms with Gasteiger partial charge in [-0.1, -0.05) is 6.92 Å². The zero-order valence-electron chi connectivity index (χ0n) is 15.5. The summed E-state index contributed by atoms with van der Waals surface area (Å²) in [7, 11) is 0. The van der Waals surface area contributed by atoms with Gasteiger partial charge in [0.05, 0.1) is 6.10 Å². The SMILES string of the molecule is CCC(C)Oc1ccc(C(=O)NCC(N2CCNCC2)C(F)(F)F)cc1.Cl. The van der Waals surface area contributed by atoms with Gasteiger partial charge in [0.1, 0.15) is 11.8 Å². The molecule has 154 valence electrons. The van der Waals surface area contributed by atoms with Crippen LogP contribution in [0.25, 0.3) is 0 Å². The first-order valence-electron chi connectivity index (χ1n) is 8.87. The van der Waals surface area contributed by atoms with E-state index in [1.165, 1.54) is 4.90 Å². The van der Waals surface area contributed by atoms with Crippen molar-refractivity contribution in [1.29, 1.82) is 0 Å². The third-order valence-corrected chi connectivity index (χ3v) is 4.45. The van der Waals surface area contributed by atoms with Gasteiger partial charge < -0.3 is 15.4 Å². The van der Waals surface area contributed by atoms with Crippen LogP contribution < -0.4 is 15.4 Å². The number of ether oxygens (including phenoxy) is 1. The van der Waals surface area contributed by atoms with E-state index in [9.17, 15) is 18.0 Å². The number of amides is 1. The summed E-state index contributed by atoms with van der Waals surface area (Å²) < 4.78 is 45.6. The van der Waals surface area contributed by atoms with Crippen molar-refractivity contribution >= 4 is 18.3 Å². The van der Waals surface area contributed by atoms with Crippen LogP contribution >= 0.6 is 12.4 Å². The minimum Gasteiger partial charge on any atom is -0.491 e. The number of carbonyl (C=O) groups excluding carboxylic acids is 1. The fraction of sp³-hybridized carbons (Fsp3) is 0.611. The summed E-state index contributed by atoms with van der Waals surface area (Å²) >= 11 is 0. The molecule has 27 heavy (non-hydrogen) atoms. The molecule has 0 spiro atoms. The predicted molar refractivity (Wildman–Crippen MR) is 101 cm³/mol. The summed E-state index contributed by atoms with van der Waals surface area (Å²) in [6.45, 7) is 5.11. The normalized spacial score (nSPS) is 17.5. The van der Waals surface area contributed by atoms with Crippen molar-refractivity contribution in [2.45, 2.75) is 38.6 Å². The molecule has 0 saturated carbocycles. The molecule has 1 fully saturated rings. The fourth-order valence-electron chi connectivity index (χ4n) is 2.74. The van der Waals surface area contributed by atoms with Gasteiger partial charge in [-0.2, -0.15) is 13.2 Å². The first-order valence-corrected chi connectivity index (χ1v) is 8.87. The average Bonchev–Trinajstić information content (AvgIpc) is 2.62. The zero-order chi connectivity index (χ0) is 19.2. The number of alkyl halides is 3. The van der Waals surface area contributed by atoms with E-state index in [2.05, 4.69) is 10.6 Å². The Labute approximate surface area is 164 Å². The quantitative estimate of drug-likeness (QED) is 0.727. The molecular weight excluding hydrogens is 383 g/mol. The van der Waals surface area contributed by atoms with Crippen molar-refractivity contribution in [3.8, 4) is 5.75 Å². The fourth-order valence-corrected chi connectivity index (χ4v) is 2.74. The Morgan fingerprint density at radius 3 is 2.37 bits per heavy atom. The van der Waals surface area contributed by atoms with Gasteiger partial charge in [-0.15, -0.1) is 12.4 Å². The largest absolute Gasteiger partial charge is 0.491 e. The number of carbonyl (C=O) groups is 1. The van der Waals surface area contributed by atoms with Crippen LogP contribution in [-0.4, -0.2) is 61.9 Å². The van der Waals surface area contributed by atoms with Crippen molar-refractivity contribution in [3.05, 3.63) is 29.8 Å². The summed E-state index contributed by atoms with van der Waals surface area (Å²) in [5.74, 6) is 0.106. The molecule has 2 N–H and O–H groups in total. The molecule has 0 aromatic heterocycles. The molecule has 2 atom stereocenters. The van der Waals surface area contributed by atoms with E-state index in [4.69, 9.17) is 4.74 Å². The highest BCUT2D eigenvalue weighted by atomic mass is 35.5. The van der Waals surface area contributed by atoms with Gasteiger partial charge in [-0.25, -0.2) is 0 Å². The molecule has 2 rings (SSSR count). The van der Waals surface area contributed by atoms with Crippen LogP contribution in [0.5, 0.6) is 5.75 Å². The number of nitrogens with zero attached hydrogens (tertiary/aromatic N) is 1. The topological polar surface area (TPSA) is 53.6 Å². The second kappa shape index (κ2) is 10.7. The Balaban J connectivity index is 0.00000364. The lowest BCUT2D eigenvalue weighted by atomic mass is 10.1. The Morgan fingerprint density at radius 2 is 1.85 bits per heavy atom. The van der Waals surface area contributed by atoms with E-state index in [-0.39, 0.29) is 18.5 Å². The van der Waals surface area contributed by atoms with Crippen molar-refractivity contribution in [2.75, 3.05) is 32.7 Å². The molecular formula is C18H27ClF3N3O2. The minimum absolute atomic E-state index is 0. The number of nitrogens with one attached hydrogen (secondary N) is 2. The molecule has 1 aromatic carbocycles. The summed E-state index contributed by atoms with van der Waals surface area (Å²) in [6, 6.07) is 4.74. The van der Waals surface area contributed by atoms with Crippen LogP contribution in [0.1, 0.15) is 30.6 Å². The van der Waals surface area contributed by atoms with Gasteiger partial charge >= 0.3 is 6.18 Å². The highest BCUT2D eigenvalue weighted by Gasteiger charge is 2.43. The molecule has 1 amide bonds. The second-order valence-corrected chi connectivity index (χ2v) is 6.41. The molecule has 0 aliphatic carbocycles. The van der Waals surface area contributed by atoms with Crippen molar-refractivity contribution in [1.82, 2.24) is 15.5 Å². The average molecular weight is 410 g/mol. The van der Waals surface area contributed by atoms with Crippen molar-refractivity contribution < 1.29 is 22.7 Å². The first kappa shape index (κ1) is 23.5.